The minimum Gasteiger partial charge on any atom is -0.373 e. The van der Waals surface area contributed by atoms with Crippen molar-refractivity contribution in [2.45, 2.75) is 46.6 Å². The summed E-state index contributed by atoms with van der Waals surface area (Å²) in [5.74, 6) is -0.373. The van der Waals surface area contributed by atoms with E-state index in [1.54, 1.807) is 6.08 Å². The number of hydrogen-bond acceptors (Lipinski definition) is 4. The first-order chi connectivity index (χ1) is 12.8. The first-order valence-electron chi connectivity index (χ1n) is 9.59. The zero-order valence-electron chi connectivity index (χ0n) is 17.5. The minimum atomic E-state index is -0.373. The van der Waals surface area contributed by atoms with Crippen LogP contribution in [0, 0.1) is 19.8 Å². The van der Waals surface area contributed by atoms with Crippen LogP contribution in [0.1, 0.15) is 43.8 Å². The van der Waals surface area contributed by atoms with Gasteiger partial charge in [0.1, 0.15) is 0 Å². The Morgan fingerprint density at radius 2 is 2.04 bits per heavy atom. The quantitative estimate of drug-likeness (QED) is 0.621. The number of nitrogens with zero attached hydrogens (tertiary/aromatic N) is 5. The molecule has 2 heterocycles. The first kappa shape index (κ1) is 21.1. The smallest absolute Gasteiger partial charge is 0.218 e. The van der Waals surface area contributed by atoms with E-state index in [1.165, 1.54) is 10.6 Å². The van der Waals surface area contributed by atoms with Gasteiger partial charge in [-0.2, -0.15) is 4.39 Å². The van der Waals surface area contributed by atoms with Crippen LogP contribution in [0.5, 0.6) is 0 Å². The number of halogens is 1. The number of allylic oxidation sites excluding steroid dienone is 2. The molecular formula is C21H32FN5. The summed E-state index contributed by atoms with van der Waals surface area (Å²) < 4.78 is 15.8. The third-order valence-corrected chi connectivity index (χ3v) is 4.80. The number of hydrogen-bond donors (Lipinski definition) is 0. The Morgan fingerprint density at radius 1 is 1.33 bits per heavy atom. The van der Waals surface area contributed by atoms with Gasteiger partial charge in [-0.1, -0.05) is 26.5 Å². The Bertz CT molecular complexity index is 822. The lowest BCUT2D eigenvalue weighted by molar-refractivity contribution is 0.214. The van der Waals surface area contributed by atoms with Gasteiger partial charge in [0.15, 0.2) is 5.65 Å². The fourth-order valence-electron chi connectivity index (χ4n) is 3.47. The molecule has 0 saturated heterocycles. The SMILES string of the molecule is C=C/C(=C\N(CCC)C(CC)CN(C)C)c1nc(C)c2ncc(F)n2c1C. The fourth-order valence-corrected chi connectivity index (χ4v) is 3.47. The summed E-state index contributed by atoms with van der Waals surface area (Å²) in [5, 5.41) is 0. The lowest BCUT2D eigenvalue weighted by Gasteiger charge is -2.32. The third-order valence-electron chi connectivity index (χ3n) is 4.80. The van der Waals surface area contributed by atoms with Crippen LogP contribution in [0.25, 0.3) is 11.2 Å². The lowest BCUT2D eigenvalue weighted by atomic mass is 10.1. The van der Waals surface area contributed by atoms with Crippen molar-refractivity contribution >= 4 is 11.2 Å². The normalized spacial score (nSPS) is 13.4. The first-order valence-corrected chi connectivity index (χ1v) is 9.59. The van der Waals surface area contributed by atoms with Gasteiger partial charge in [0, 0.05) is 30.9 Å². The largest absolute Gasteiger partial charge is 0.373 e. The van der Waals surface area contributed by atoms with Gasteiger partial charge in [0.2, 0.25) is 5.95 Å². The molecule has 2 aromatic rings. The molecule has 0 aliphatic carbocycles. The average molecular weight is 374 g/mol. The number of rotatable bonds is 9. The van der Waals surface area contributed by atoms with Crippen LogP contribution in [0.2, 0.25) is 0 Å². The van der Waals surface area contributed by atoms with E-state index in [9.17, 15) is 4.39 Å². The highest BCUT2D eigenvalue weighted by Gasteiger charge is 2.18. The van der Waals surface area contributed by atoms with E-state index in [-0.39, 0.29) is 5.95 Å². The van der Waals surface area contributed by atoms with Crippen LogP contribution >= 0.6 is 0 Å². The Labute approximate surface area is 162 Å². The molecule has 0 aliphatic heterocycles. The molecule has 0 bridgehead atoms. The highest BCUT2D eigenvalue weighted by molar-refractivity contribution is 5.73. The van der Waals surface area contributed by atoms with Gasteiger partial charge >= 0.3 is 0 Å². The van der Waals surface area contributed by atoms with Crippen molar-refractivity contribution in [3.05, 3.63) is 48.1 Å². The Kier molecular flexibility index (Phi) is 7.13. The molecule has 0 amide bonds. The van der Waals surface area contributed by atoms with Gasteiger partial charge in [-0.3, -0.25) is 4.40 Å². The van der Waals surface area contributed by atoms with Gasteiger partial charge in [-0.05, 0) is 40.8 Å². The molecule has 0 aromatic carbocycles. The van der Waals surface area contributed by atoms with E-state index in [0.717, 1.165) is 42.9 Å². The number of aryl methyl sites for hydroxylation is 2. The molecule has 0 saturated carbocycles. The van der Waals surface area contributed by atoms with E-state index in [1.807, 2.05) is 13.8 Å². The summed E-state index contributed by atoms with van der Waals surface area (Å²) in [6, 6.07) is 0.394. The van der Waals surface area contributed by atoms with Crippen LogP contribution < -0.4 is 0 Å². The predicted molar refractivity (Wildman–Crippen MR) is 110 cm³/mol. The second kappa shape index (κ2) is 9.13. The second-order valence-electron chi connectivity index (χ2n) is 7.22. The van der Waals surface area contributed by atoms with Gasteiger partial charge in [0.25, 0.3) is 0 Å². The maximum atomic E-state index is 14.3. The molecule has 0 radical (unpaired) electrons. The summed E-state index contributed by atoms with van der Waals surface area (Å²) in [4.78, 5) is 13.4. The lowest BCUT2D eigenvalue weighted by Crippen LogP contribution is -2.39. The van der Waals surface area contributed by atoms with E-state index in [4.69, 9.17) is 4.98 Å². The number of fused-ring (bicyclic) bond motifs is 1. The molecule has 2 aromatic heterocycles. The molecule has 0 aliphatic rings. The molecular weight excluding hydrogens is 341 g/mol. The van der Waals surface area contributed by atoms with E-state index in [2.05, 4.69) is 55.5 Å². The van der Waals surface area contributed by atoms with Gasteiger partial charge in [0.05, 0.1) is 23.3 Å². The van der Waals surface area contributed by atoms with Crippen LogP contribution in [-0.2, 0) is 0 Å². The summed E-state index contributed by atoms with van der Waals surface area (Å²) in [6.07, 6.45) is 7.26. The fraction of sp³-hybridized carbons (Fsp3) is 0.524. The van der Waals surface area contributed by atoms with Gasteiger partial charge in [-0.25, -0.2) is 9.97 Å². The monoisotopic (exact) mass is 373 g/mol. The Balaban J connectivity index is 2.55. The molecule has 148 valence electrons. The van der Waals surface area contributed by atoms with Crippen molar-refractivity contribution in [2.24, 2.45) is 0 Å². The molecule has 27 heavy (non-hydrogen) atoms. The van der Waals surface area contributed by atoms with Gasteiger partial charge < -0.3 is 9.80 Å². The van der Waals surface area contributed by atoms with Crippen LogP contribution in [0.4, 0.5) is 4.39 Å². The molecule has 2 rings (SSSR count). The minimum absolute atomic E-state index is 0.373. The molecule has 6 heteroatoms. The standard InChI is InChI=1S/C21H32FN5/c1-8-11-26(18(10-3)14-25(6)7)13-17(9-2)20-16(5)27-19(22)12-23-21(27)15(4)24-20/h9,12-13,18H,2,8,10-11,14H2,1,3-7H3/b17-13+. The summed E-state index contributed by atoms with van der Waals surface area (Å²) in [5.41, 5.74) is 3.63. The van der Waals surface area contributed by atoms with Crippen LogP contribution in [0.3, 0.4) is 0 Å². The molecule has 5 nitrogen and oxygen atoms in total. The highest BCUT2D eigenvalue weighted by Crippen LogP contribution is 2.23. The van der Waals surface area contributed by atoms with E-state index < -0.39 is 0 Å². The highest BCUT2D eigenvalue weighted by atomic mass is 19.1. The molecule has 0 spiro atoms. The maximum absolute atomic E-state index is 14.3. The Hall–Kier alpha value is -2.21. The number of imidazole rings is 1. The van der Waals surface area contributed by atoms with Crippen molar-refractivity contribution < 1.29 is 4.39 Å². The number of aromatic nitrogens is 3. The van der Waals surface area contributed by atoms with E-state index in [0.29, 0.717) is 17.4 Å². The molecule has 1 unspecified atom stereocenters. The van der Waals surface area contributed by atoms with Crippen molar-refractivity contribution in [1.82, 2.24) is 24.2 Å². The second-order valence-corrected chi connectivity index (χ2v) is 7.22. The van der Waals surface area contributed by atoms with E-state index >= 15 is 0 Å². The summed E-state index contributed by atoms with van der Waals surface area (Å²) in [6.45, 7) is 14.0. The molecule has 1 atom stereocenters. The Morgan fingerprint density at radius 3 is 2.59 bits per heavy atom. The van der Waals surface area contributed by atoms with Crippen molar-refractivity contribution in [3.8, 4) is 0 Å². The molecule has 0 N–H and O–H groups in total. The maximum Gasteiger partial charge on any atom is 0.218 e. The molecule has 0 fully saturated rings. The summed E-state index contributed by atoms with van der Waals surface area (Å²) in [7, 11) is 4.19. The average Bonchev–Trinajstić information content (AvgIpc) is 3.02. The summed E-state index contributed by atoms with van der Waals surface area (Å²) >= 11 is 0. The predicted octanol–water partition coefficient (Wildman–Crippen LogP) is 4.06. The topological polar surface area (TPSA) is 36.7 Å². The van der Waals surface area contributed by atoms with Crippen molar-refractivity contribution in [3.63, 3.8) is 0 Å². The van der Waals surface area contributed by atoms with Crippen molar-refractivity contribution in [2.75, 3.05) is 27.2 Å². The zero-order valence-corrected chi connectivity index (χ0v) is 17.5. The van der Waals surface area contributed by atoms with Crippen LogP contribution in [-0.4, -0.2) is 57.4 Å². The third kappa shape index (κ3) is 4.56. The zero-order chi connectivity index (χ0) is 20.1. The van der Waals surface area contributed by atoms with Crippen LogP contribution in [0.15, 0.2) is 25.1 Å². The van der Waals surface area contributed by atoms with Crippen molar-refractivity contribution in [1.29, 1.82) is 0 Å². The number of likely N-dealkylation sites (N-methyl/N-ethyl adjacent to an activating group) is 1. The van der Waals surface area contributed by atoms with Gasteiger partial charge in [-0.15, -0.1) is 0 Å².